The van der Waals surface area contributed by atoms with Crippen LogP contribution < -0.4 is 21.7 Å². The summed E-state index contributed by atoms with van der Waals surface area (Å²) in [6.07, 6.45) is 9.57. The normalized spacial score (nSPS) is 11.7. The molecule has 8 nitrogen and oxygen atoms in total. The maximum Gasteiger partial charge on any atom is 0.270 e. The van der Waals surface area contributed by atoms with E-state index < -0.39 is 11.9 Å². The number of carbonyl (C=O) groups excluding carboxylic acids is 2. The molecule has 2 rings (SSSR count). The lowest BCUT2D eigenvalue weighted by Gasteiger charge is -2.18. The van der Waals surface area contributed by atoms with Crippen LogP contribution in [0.15, 0.2) is 48.7 Å². The number of benzene rings is 1. The number of carbonyl (C=O) groups is 2. The molecule has 6 N–H and O–H groups in total. The van der Waals surface area contributed by atoms with Crippen molar-refractivity contribution in [3.05, 3.63) is 59.9 Å². The Bertz CT molecular complexity index is 830. The van der Waals surface area contributed by atoms with E-state index in [4.69, 9.17) is 5.73 Å². The van der Waals surface area contributed by atoms with E-state index in [0.717, 1.165) is 50.9 Å². The third-order valence-corrected chi connectivity index (χ3v) is 5.53. The molecular weight excluding hydrogens is 430 g/mol. The molecule has 2 aromatic rings. The fraction of sp³-hybridized carbons (Fsp3) is 0.500. The highest BCUT2D eigenvalue weighted by Gasteiger charge is 2.22. The summed E-state index contributed by atoms with van der Waals surface area (Å²) in [4.78, 5) is 29.5. The molecule has 1 aromatic carbocycles. The molecule has 0 aliphatic carbocycles. The number of nitrogens with two attached hydrogens (primary N) is 1. The predicted molar refractivity (Wildman–Crippen MR) is 135 cm³/mol. The van der Waals surface area contributed by atoms with Gasteiger partial charge in [0.1, 0.15) is 17.5 Å². The smallest absolute Gasteiger partial charge is 0.270 e. The van der Waals surface area contributed by atoms with Gasteiger partial charge in [0, 0.05) is 19.2 Å². The van der Waals surface area contributed by atoms with E-state index in [1.807, 2.05) is 0 Å². The number of unbranched alkanes of at least 4 members (excludes halogenated alkanes) is 5. The van der Waals surface area contributed by atoms with Crippen molar-refractivity contribution >= 4 is 11.8 Å². The SMILES string of the molecule is NCCCNCCCCCCCCNC(=O)[C@H](Cc1ccc(O)cc1)NC(=O)c1ccccn1. The summed E-state index contributed by atoms with van der Waals surface area (Å²) in [5, 5.41) is 18.7. The molecular formula is C26H39N5O3. The zero-order valence-corrected chi connectivity index (χ0v) is 20.0. The molecule has 0 bridgehead atoms. The van der Waals surface area contributed by atoms with Crippen LogP contribution in [0, 0.1) is 0 Å². The zero-order valence-electron chi connectivity index (χ0n) is 20.0. The third kappa shape index (κ3) is 11.2. The fourth-order valence-corrected chi connectivity index (χ4v) is 3.58. The fourth-order valence-electron chi connectivity index (χ4n) is 3.58. The quantitative estimate of drug-likeness (QED) is 0.226. The zero-order chi connectivity index (χ0) is 24.4. The van der Waals surface area contributed by atoms with E-state index in [0.29, 0.717) is 13.0 Å². The molecule has 0 unspecified atom stereocenters. The minimum absolute atomic E-state index is 0.158. The minimum Gasteiger partial charge on any atom is -0.508 e. The van der Waals surface area contributed by atoms with Gasteiger partial charge in [-0.15, -0.1) is 0 Å². The second-order valence-electron chi connectivity index (χ2n) is 8.42. The van der Waals surface area contributed by atoms with Crippen molar-refractivity contribution < 1.29 is 14.7 Å². The molecule has 0 aliphatic heterocycles. The average Bonchev–Trinajstić information content (AvgIpc) is 2.86. The highest BCUT2D eigenvalue weighted by atomic mass is 16.3. The first-order valence-corrected chi connectivity index (χ1v) is 12.3. The van der Waals surface area contributed by atoms with Crippen molar-refractivity contribution in [3.8, 4) is 5.75 Å². The van der Waals surface area contributed by atoms with Gasteiger partial charge in [-0.05, 0) is 68.7 Å². The van der Waals surface area contributed by atoms with Gasteiger partial charge in [-0.1, -0.05) is 43.9 Å². The number of nitrogens with zero attached hydrogens (tertiary/aromatic N) is 1. The van der Waals surface area contributed by atoms with Gasteiger partial charge >= 0.3 is 0 Å². The van der Waals surface area contributed by atoms with Gasteiger partial charge in [0.15, 0.2) is 0 Å². The summed E-state index contributed by atoms with van der Waals surface area (Å²) in [5.41, 5.74) is 6.58. The average molecular weight is 470 g/mol. The standard InChI is InChI=1S/C26H39N5O3/c27-15-9-17-28-16-6-3-1-2-4-7-19-30-25(33)24(20-21-11-13-22(32)14-12-21)31-26(34)23-10-5-8-18-29-23/h5,8,10-14,18,24,28,32H,1-4,6-7,9,15-17,19-20,27H2,(H,30,33)(H,31,34)/t24-/m0/s1. The van der Waals surface area contributed by atoms with Gasteiger partial charge in [-0.2, -0.15) is 0 Å². The van der Waals surface area contributed by atoms with Gasteiger partial charge in [0.2, 0.25) is 5.91 Å². The first-order chi connectivity index (χ1) is 16.6. The first kappa shape index (κ1) is 27.3. The van der Waals surface area contributed by atoms with Crippen molar-refractivity contribution in [1.29, 1.82) is 0 Å². The van der Waals surface area contributed by atoms with Crippen molar-refractivity contribution in [2.24, 2.45) is 5.73 Å². The number of nitrogens with one attached hydrogen (secondary N) is 3. The number of hydrogen-bond acceptors (Lipinski definition) is 6. The van der Waals surface area contributed by atoms with Gasteiger partial charge in [0.05, 0.1) is 0 Å². The Morgan fingerprint density at radius 2 is 1.56 bits per heavy atom. The number of hydrogen-bond donors (Lipinski definition) is 5. The van der Waals surface area contributed by atoms with Crippen molar-refractivity contribution in [2.75, 3.05) is 26.2 Å². The van der Waals surface area contributed by atoms with Crippen LogP contribution in [0.2, 0.25) is 0 Å². The Morgan fingerprint density at radius 1 is 0.882 bits per heavy atom. The summed E-state index contributed by atoms with van der Waals surface area (Å²) in [7, 11) is 0. The van der Waals surface area contributed by atoms with Gasteiger partial charge in [-0.3, -0.25) is 14.6 Å². The molecule has 0 spiro atoms. The summed E-state index contributed by atoms with van der Waals surface area (Å²) >= 11 is 0. The van der Waals surface area contributed by atoms with E-state index >= 15 is 0 Å². The number of aromatic nitrogens is 1. The predicted octanol–water partition coefficient (Wildman–Crippen LogP) is 2.52. The molecule has 0 saturated heterocycles. The lowest BCUT2D eigenvalue weighted by molar-refractivity contribution is -0.122. The number of phenolic OH excluding ortho intramolecular Hbond substituents is 1. The molecule has 0 fully saturated rings. The van der Waals surface area contributed by atoms with Crippen LogP contribution in [0.3, 0.4) is 0 Å². The largest absolute Gasteiger partial charge is 0.508 e. The maximum absolute atomic E-state index is 12.9. The number of pyridine rings is 1. The lowest BCUT2D eigenvalue weighted by atomic mass is 10.0. The summed E-state index contributed by atoms with van der Waals surface area (Å²) in [6, 6.07) is 11.0. The molecule has 1 atom stereocenters. The van der Waals surface area contributed by atoms with Crippen LogP contribution in [0.4, 0.5) is 0 Å². The number of phenols is 1. The highest BCUT2D eigenvalue weighted by molar-refractivity contribution is 5.96. The Morgan fingerprint density at radius 3 is 2.24 bits per heavy atom. The Labute approximate surface area is 202 Å². The highest BCUT2D eigenvalue weighted by Crippen LogP contribution is 2.12. The summed E-state index contributed by atoms with van der Waals surface area (Å²) in [6.45, 7) is 3.34. The van der Waals surface area contributed by atoms with Crippen LogP contribution in [0.25, 0.3) is 0 Å². The monoisotopic (exact) mass is 469 g/mol. The van der Waals surface area contributed by atoms with E-state index in [1.165, 1.54) is 19.3 Å². The second-order valence-corrected chi connectivity index (χ2v) is 8.42. The van der Waals surface area contributed by atoms with E-state index in [9.17, 15) is 14.7 Å². The Balaban J connectivity index is 1.72. The molecule has 2 amide bonds. The van der Waals surface area contributed by atoms with E-state index in [-0.39, 0.29) is 17.4 Å². The van der Waals surface area contributed by atoms with Crippen molar-refractivity contribution in [1.82, 2.24) is 20.9 Å². The number of rotatable bonds is 17. The summed E-state index contributed by atoms with van der Waals surface area (Å²) < 4.78 is 0. The third-order valence-electron chi connectivity index (χ3n) is 5.53. The van der Waals surface area contributed by atoms with Crippen LogP contribution in [0.5, 0.6) is 5.75 Å². The van der Waals surface area contributed by atoms with Crippen LogP contribution in [0.1, 0.15) is 61.0 Å². The van der Waals surface area contributed by atoms with Crippen LogP contribution in [-0.4, -0.2) is 54.1 Å². The Hall–Kier alpha value is -2.97. The van der Waals surface area contributed by atoms with Crippen molar-refractivity contribution in [2.45, 2.75) is 57.4 Å². The van der Waals surface area contributed by atoms with Crippen LogP contribution in [-0.2, 0) is 11.2 Å². The lowest BCUT2D eigenvalue weighted by Crippen LogP contribution is -2.48. The second kappa shape index (κ2) is 16.6. The molecule has 34 heavy (non-hydrogen) atoms. The van der Waals surface area contributed by atoms with E-state index in [1.54, 1.807) is 48.7 Å². The Kier molecular flexibility index (Phi) is 13.3. The molecule has 186 valence electrons. The van der Waals surface area contributed by atoms with Crippen molar-refractivity contribution in [3.63, 3.8) is 0 Å². The summed E-state index contributed by atoms with van der Waals surface area (Å²) in [5.74, 6) is -0.455. The first-order valence-electron chi connectivity index (χ1n) is 12.3. The maximum atomic E-state index is 12.9. The topological polar surface area (TPSA) is 129 Å². The number of amides is 2. The molecule has 0 radical (unpaired) electrons. The van der Waals surface area contributed by atoms with E-state index in [2.05, 4.69) is 20.9 Å². The molecule has 1 heterocycles. The number of aromatic hydroxyl groups is 1. The molecule has 0 aliphatic rings. The molecule has 0 saturated carbocycles. The molecule has 1 aromatic heterocycles. The van der Waals surface area contributed by atoms with Gasteiger partial charge in [-0.25, -0.2) is 0 Å². The van der Waals surface area contributed by atoms with Gasteiger partial charge < -0.3 is 26.8 Å². The minimum atomic E-state index is -0.731. The van der Waals surface area contributed by atoms with Crippen LogP contribution >= 0.6 is 0 Å². The molecule has 8 heteroatoms. The van der Waals surface area contributed by atoms with Gasteiger partial charge in [0.25, 0.3) is 5.91 Å².